The average molecular weight is 681 g/mol. The second-order valence-electron chi connectivity index (χ2n) is 11.1. The van der Waals surface area contributed by atoms with Crippen molar-refractivity contribution in [1.82, 2.24) is 4.90 Å². The van der Waals surface area contributed by atoms with Gasteiger partial charge in [-0.05, 0) is 85.1 Å². The molecule has 0 spiro atoms. The van der Waals surface area contributed by atoms with Gasteiger partial charge in [0.25, 0.3) is 23.6 Å². The fourth-order valence-electron chi connectivity index (χ4n) is 5.68. The van der Waals surface area contributed by atoms with Crippen LogP contribution < -0.4 is 18.0 Å². The van der Waals surface area contributed by atoms with E-state index in [1.807, 2.05) is 0 Å². The molecule has 0 bridgehead atoms. The number of alkyl halides is 3. The van der Waals surface area contributed by atoms with E-state index in [2.05, 4.69) is 25.8 Å². The lowest BCUT2D eigenvalue weighted by atomic mass is 9.75. The van der Waals surface area contributed by atoms with Gasteiger partial charge in [-0.1, -0.05) is 18.2 Å². The van der Waals surface area contributed by atoms with Gasteiger partial charge in [0.1, 0.15) is 22.7 Å². The number of amides is 4. The number of anilines is 1. The number of ether oxygens (including phenoxy) is 1. The van der Waals surface area contributed by atoms with Crippen LogP contribution in [0.25, 0.3) is 0 Å². The summed E-state index contributed by atoms with van der Waals surface area (Å²) in [6, 6.07) is 15.8. The molecule has 4 aromatic rings. The highest BCUT2D eigenvalue weighted by Gasteiger charge is 2.54. The summed E-state index contributed by atoms with van der Waals surface area (Å²) in [5, 5.41) is 0. The molecular weight excluding hydrogens is 657 g/mol. The number of imide groups is 2. The molecule has 0 radical (unpaired) electrons. The number of carbonyl (C=O) groups excluding carboxylic acids is 4. The maximum atomic E-state index is 14.9. The third-order valence-electron chi connectivity index (χ3n) is 8.45. The Hall–Kier alpha value is -4.95. The molecule has 2 heterocycles. The van der Waals surface area contributed by atoms with Gasteiger partial charge in [-0.15, -0.1) is 0 Å². The van der Waals surface area contributed by atoms with Gasteiger partial charge in [-0.25, -0.2) is 4.90 Å². The number of hydrogen-bond donors (Lipinski definition) is 2. The van der Waals surface area contributed by atoms with Gasteiger partial charge < -0.3 is 13.1 Å². The number of thiol groups is 2. The molecule has 0 N–H and O–H groups in total. The number of nitrogens with zero attached hydrogens (tertiary/aromatic N) is 2. The molecule has 0 aromatic heterocycles. The second-order valence-corrected chi connectivity index (χ2v) is 11.5. The Morgan fingerprint density at radius 1 is 0.638 bits per heavy atom. The van der Waals surface area contributed by atoms with Crippen LogP contribution in [0.15, 0.2) is 72.8 Å². The molecule has 0 aliphatic carbocycles. The van der Waals surface area contributed by atoms with Crippen molar-refractivity contribution in [2.45, 2.75) is 25.4 Å². The summed E-state index contributed by atoms with van der Waals surface area (Å²) in [7, 11) is 1.36. The summed E-state index contributed by atoms with van der Waals surface area (Å²) in [5.74, 6) is -2.11. The van der Waals surface area contributed by atoms with Crippen molar-refractivity contribution in [2.75, 3.05) is 11.9 Å². The molecule has 9 nitrogen and oxygen atoms in total. The fraction of sp³-hybridized carbons (Fsp3) is 0.152. The van der Waals surface area contributed by atoms with Crippen molar-refractivity contribution >= 4 is 55.1 Å². The van der Waals surface area contributed by atoms with Crippen LogP contribution in [0.5, 0.6) is 23.0 Å². The number of halogens is 3. The fourth-order valence-corrected chi connectivity index (χ4v) is 6.04. The SMILES string of the molecule is Cc1cc(C(C)(c2ccc(OS)c(N3C(=O)c4ccc(Oc5ccc6c(c5)C(=O)N(C)C6=O)cc4C3=O)c2)C(F)(F)F)ccc1OS. The van der Waals surface area contributed by atoms with Gasteiger partial charge >= 0.3 is 6.18 Å². The van der Waals surface area contributed by atoms with E-state index in [0.717, 1.165) is 22.8 Å². The van der Waals surface area contributed by atoms with Gasteiger partial charge in [0.2, 0.25) is 0 Å². The number of fused-ring (bicyclic) bond motifs is 2. The first-order valence-electron chi connectivity index (χ1n) is 13.8. The summed E-state index contributed by atoms with van der Waals surface area (Å²) in [6.07, 6.45) is -4.82. The van der Waals surface area contributed by atoms with Gasteiger partial charge in [0.15, 0.2) is 5.75 Å². The van der Waals surface area contributed by atoms with Crippen molar-refractivity contribution in [2.24, 2.45) is 0 Å². The minimum atomic E-state index is -4.82. The van der Waals surface area contributed by atoms with Gasteiger partial charge in [0.05, 0.1) is 27.9 Å². The number of benzene rings is 4. The van der Waals surface area contributed by atoms with E-state index >= 15 is 0 Å². The van der Waals surface area contributed by atoms with Crippen LogP contribution in [0.3, 0.4) is 0 Å². The van der Waals surface area contributed by atoms with Crippen molar-refractivity contribution in [1.29, 1.82) is 0 Å². The molecule has 47 heavy (non-hydrogen) atoms. The van der Waals surface area contributed by atoms with Crippen molar-refractivity contribution in [3.05, 3.63) is 112 Å². The van der Waals surface area contributed by atoms with E-state index in [0.29, 0.717) is 5.56 Å². The van der Waals surface area contributed by atoms with Crippen LogP contribution in [-0.4, -0.2) is 41.8 Å². The smallest absolute Gasteiger partial charge is 0.402 e. The zero-order chi connectivity index (χ0) is 34.0. The van der Waals surface area contributed by atoms with E-state index < -0.39 is 35.2 Å². The molecule has 4 amide bonds. The molecule has 0 fully saturated rings. The number of carbonyl (C=O) groups is 4. The van der Waals surface area contributed by atoms with Crippen LogP contribution in [0.1, 0.15) is 65.0 Å². The first-order valence-corrected chi connectivity index (χ1v) is 14.6. The number of aryl methyl sites for hydroxylation is 1. The maximum absolute atomic E-state index is 14.9. The molecule has 2 aliphatic rings. The molecule has 14 heteroatoms. The predicted octanol–water partition coefficient (Wildman–Crippen LogP) is 7.13. The largest absolute Gasteiger partial charge is 0.457 e. The van der Waals surface area contributed by atoms with Crippen LogP contribution in [0.2, 0.25) is 0 Å². The quantitative estimate of drug-likeness (QED) is 0.122. The van der Waals surface area contributed by atoms with E-state index in [1.54, 1.807) is 6.92 Å². The normalized spacial score (nSPS) is 15.5. The molecule has 1 atom stereocenters. The summed E-state index contributed by atoms with van der Waals surface area (Å²) in [4.78, 5) is 53.6. The van der Waals surface area contributed by atoms with Gasteiger partial charge in [0, 0.05) is 32.9 Å². The zero-order valence-corrected chi connectivity index (χ0v) is 26.5. The first kappa shape index (κ1) is 32.0. The van der Waals surface area contributed by atoms with E-state index in [4.69, 9.17) is 13.1 Å². The average Bonchev–Trinajstić information content (AvgIpc) is 3.42. The van der Waals surface area contributed by atoms with Crippen LogP contribution in [-0.2, 0) is 5.41 Å². The lowest BCUT2D eigenvalue weighted by Crippen LogP contribution is -2.41. The summed E-state index contributed by atoms with van der Waals surface area (Å²) in [6.45, 7) is 2.57. The molecule has 1 unspecified atom stereocenters. The van der Waals surface area contributed by atoms with Crippen LogP contribution in [0, 0.1) is 6.92 Å². The van der Waals surface area contributed by atoms with Crippen molar-refractivity contribution < 1.29 is 45.5 Å². The highest BCUT2D eigenvalue weighted by molar-refractivity contribution is 7.75. The molecule has 2 aliphatic heterocycles. The minimum absolute atomic E-state index is 0.0224. The standard InChI is InChI=1S/C33H23F3N2O7S2/c1-16-12-17(4-10-26(16)44-46)32(2,33(34,35)36)18-5-11-27(45-47)25(13-18)38-30(41)22-9-7-20(15-24(22)31(38)42)43-19-6-8-21-23(14-19)29(40)37(3)28(21)39/h4-15,46-47H,1-3H3. The third-order valence-corrected chi connectivity index (χ3v) is 8.84. The summed E-state index contributed by atoms with van der Waals surface area (Å²) in [5.41, 5.74) is -2.54. The second kappa shape index (κ2) is 11.4. The Kier molecular flexibility index (Phi) is 7.75. The minimum Gasteiger partial charge on any atom is -0.457 e. The topological polar surface area (TPSA) is 102 Å². The molecule has 4 aromatic carbocycles. The third kappa shape index (κ3) is 4.99. The van der Waals surface area contributed by atoms with Crippen molar-refractivity contribution in [3.63, 3.8) is 0 Å². The van der Waals surface area contributed by atoms with Gasteiger partial charge in [-0.3, -0.25) is 24.1 Å². The maximum Gasteiger partial charge on any atom is 0.402 e. The Balaban J connectivity index is 1.37. The lowest BCUT2D eigenvalue weighted by Gasteiger charge is -2.34. The number of rotatable bonds is 7. The lowest BCUT2D eigenvalue weighted by molar-refractivity contribution is -0.173. The Morgan fingerprint density at radius 3 is 1.68 bits per heavy atom. The van der Waals surface area contributed by atoms with Crippen molar-refractivity contribution in [3.8, 4) is 23.0 Å². The first-order chi connectivity index (χ1) is 22.2. The highest BCUT2D eigenvalue weighted by atomic mass is 32.1. The van der Waals surface area contributed by atoms with E-state index in [1.165, 1.54) is 73.8 Å². The van der Waals surface area contributed by atoms with Crippen LogP contribution >= 0.6 is 25.8 Å². The summed E-state index contributed by atoms with van der Waals surface area (Å²) >= 11 is 7.56. The highest BCUT2D eigenvalue weighted by Crippen LogP contribution is 2.49. The predicted molar refractivity (Wildman–Crippen MR) is 170 cm³/mol. The zero-order valence-electron chi connectivity index (χ0n) is 24.7. The Labute approximate surface area is 277 Å². The molecular formula is C33H23F3N2O7S2. The van der Waals surface area contributed by atoms with Crippen LogP contribution in [0.4, 0.5) is 18.9 Å². The molecule has 240 valence electrons. The Morgan fingerprint density at radius 2 is 1.13 bits per heavy atom. The summed E-state index contributed by atoms with van der Waals surface area (Å²) < 4.78 is 60.6. The van der Waals surface area contributed by atoms with Gasteiger partial charge in [-0.2, -0.15) is 13.2 Å². The van der Waals surface area contributed by atoms with E-state index in [-0.39, 0.29) is 62.1 Å². The molecule has 0 saturated carbocycles. The number of hydrogen-bond acceptors (Lipinski definition) is 9. The Bertz CT molecular complexity index is 2030. The molecule has 0 saturated heterocycles. The van der Waals surface area contributed by atoms with E-state index in [9.17, 15) is 32.3 Å². The monoisotopic (exact) mass is 680 g/mol. The molecule has 6 rings (SSSR count).